The maximum atomic E-state index is 5.23. The molecule has 0 fully saturated rings. The second-order valence-corrected chi connectivity index (χ2v) is 3.92. The fraction of sp³-hybridized carbons (Fsp3) is 0.700. The van der Waals surface area contributed by atoms with Crippen molar-refractivity contribution < 1.29 is 0 Å². The largest absolute Gasteiger partial charge is 0.403 e. The second kappa shape index (κ2) is 4.96. The molecule has 0 amide bonds. The van der Waals surface area contributed by atoms with Gasteiger partial charge in [-0.1, -0.05) is 34.1 Å². The summed E-state index contributed by atoms with van der Waals surface area (Å²) >= 11 is 0. The van der Waals surface area contributed by atoms with Gasteiger partial charge in [-0.15, -0.1) is 0 Å². The lowest BCUT2D eigenvalue weighted by Gasteiger charge is -2.20. The van der Waals surface area contributed by atoms with Crippen molar-refractivity contribution in [1.82, 2.24) is 0 Å². The van der Waals surface area contributed by atoms with Crippen LogP contribution in [0, 0.1) is 5.41 Å². The van der Waals surface area contributed by atoms with Gasteiger partial charge in [0.2, 0.25) is 0 Å². The lowest BCUT2D eigenvalue weighted by molar-refractivity contribution is 0.575. The topological polar surface area (TPSA) is 38.4 Å². The molecule has 12 heavy (non-hydrogen) atoms. The highest BCUT2D eigenvalue weighted by Gasteiger charge is 2.16. The van der Waals surface area contributed by atoms with E-state index >= 15 is 0 Å². The lowest BCUT2D eigenvalue weighted by atomic mass is 9.87. The van der Waals surface area contributed by atoms with E-state index in [0.717, 1.165) is 12.8 Å². The number of hydrogen-bond donors (Lipinski definition) is 1. The first kappa shape index (κ1) is 11.2. The van der Waals surface area contributed by atoms with Gasteiger partial charge in [0.15, 0.2) is 0 Å². The van der Waals surface area contributed by atoms with Crippen LogP contribution in [-0.2, 0) is 0 Å². The molecular formula is C10H20N2. The SMILES string of the molecule is CCCC(=N/C=C\N)C(C)(C)C. The first-order chi connectivity index (χ1) is 5.52. The number of hydrogen-bond acceptors (Lipinski definition) is 2. The van der Waals surface area contributed by atoms with Crippen LogP contribution in [0.2, 0.25) is 0 Å². The van der Waals surface area contributed by atoms with E-state index in [4.69, 9.17) is 5.73 Å². The Hall–Kier alpha value is -0.790. The van der Waals surface area contributed by atoms with E-state index in [1.807, 2.05) is 0 Å². The summed E-state index contributed by atoms with van der Waals surface area (Å²) in [6, 6.07) is 0. The third kappa shape index (κ3) is 4.16. The summed E-state index contributed by atoms with van der Waals surface area (Å²) in [7, 11) is 0. The number of rotatable bonds is 3. The minimum Gasteiger partial charge on any atom is -0.403 e. The summed E-state index contributed by atoms with van der Waals surface area (Å²) < 4.78 is 0. The van der Waals surface area contributed by atoms with Gasteiger partial charge in [-0.3, -0.25) is 4.99 Å². The Balaban J connectivity index is 4.43. The Kier molecular flexibility index (Phi) is 4.64. The molecule has 0 rings (SSSR count). The van der Waals surface area contributed by atoms with Crippen molar-refractivity contribution in [3.63, 3.8) is 0 Å². The Bertz CT molecular complexity index is 173. The van der Waals surface area contributed by atoms with Crippen LogP contribution in [0.25, 0.3) is 0 Å². The molecule has 0 aliphatic carbocycles. The van der Waals surface area contributed by atoms with Crippen molar-refractivity contribution in [2.75, 3.05) is 0 Å². The van der Waals surface area contributed by atoms with Crippen LogP contribution in [0.3, 0.4) is 0 Å². The van der Waals surface area contributed by atoms with E-state index < -0.39 is 0 Å². The van der Waals surface area contributed by atoms with Gasteiger partial charge in [0.25, 0.3) is 0 Å². The normalized spacial score (nSPS) is 14.2. The zero-order valence-electron chi connectivity index (χ0n) is 8.59. The van der Waals surface area contributed by atoms with Crippen molar-refractivity contribution >= 4 is 5.71 Å². The molecule has 0 heterocycles. The van der Waals surface area contributed by atoms with E-state index in [1.165, 1.54) is 11.9 Å². The molecule has 0 saturated carbocycles. The molecule has 0 aliphatic rings. The van der Waals surface area contributed by atoms with E-state index in [9.17, 15) is 0 Å². The van der Waals surface area contributed by atoms with Crippen LogP contribution in [0.4, 0.5) is 0 Å². The van der Waals surface area contributed by atoms with Gasteiger partial charge in [0.05, 0.1) is 0 Å². The van der Waals surface area contributed by atoms with Crippen LogP contribution in [0.5, 0.6) is 0 Å². The van der Waals surface area contributed by atoms with E-state index in [-0.39, 0.29) is 5.41 Å². The number of nitrogens with two attached hydrogens (primary N) is 1. The molecule has 0 aromatic rings. The van der Waals surface area contributed by atoms with E-state index in [0.29, 0.717) is 0 Å². The van der Waals surface area contributed by atoms with Gasteiger partial charge in [-0.05, 0) is 6.42 Å². The highest BCUT2D eigenvalue weighted by molar-refractivity contribution is 5.89. The molecule has 70 valence electrons. The van der Waals surface area contributed by atoms with Gasteiger partial charge in [0.1, 0.15) is 0 Å². The molecule has 2 nitrogen and oxygen atoms in total. The van der Waals surface area contributed by atoms with Gasteiger partial charge in [-0.2, -0.15) is 0 Å². The predicted octanol–water partition coefficient (Wildman–Crippen LogP) is 2.70. The molecule has 0 spiro atoms. The van der Waals surface area contributed by atoms with Crippen molar-refractivity contribution in [1.29, 1.82) is 0 Å². The van der Waals surface area contributed by atoms with Crippen LogP contribution in [-0.4, -0.2) is 5.71 Å². The molecule has 2 N–H and O–H groups in total. The Morgan fingerprint density at radius 1 is 1.42 bits per heavy atom. The Morgan fingerprint density at radius 2 is 2.00 bits per heavy atom. The zero-order chi connectivity index (χ0) is 9.61. The molecule has 2 heteroatoms. The summed E-state index contributed by atoms with van der Waals surface area (Å²) in [5.41, 5.74) is 6.61. The monoisotopic (exact) mass is 168 g/mol. The standard InChI is InChI=1S/C10H20N2/c1-5-6-9(10(2,3)4)12-8-7-11/h7-8H,5-6,11H2,1-4H3/b8-7-,12-9?. The summed E-state index contributed by atoms with van der Waals surface area (Å²) in [5.74, 6) is 0. The maximum Gasteiger partial charge on any atom is 0.0422 e. The maximum absolute atomic E-state index is 5.23. The first-order valence-electron chi connectivity index (χ1n) is 4.46. The molecule has 0 aromatic carbocycles. The lowest BCUT2D eigenvalue weighted by Crippen LogP contribution is -2.19. The Labute approximate surface area is 75.6 Å². The van der Waals surface area contributed by atoms with Crippen LogP contribution in [0.15, 0.2) is 17.4 Å². The molecular weight excluding hydrogens is 148 g/mol. The fourth-order valence-corrected chi connectivity index (χ4v) is 1.00. The average Bonchev–Trinajstić information content (AvgIpc) is 1.95. The van der Waals surface area contributed by atoms with Gasteiger partial charge in [0, 0.05) is 23.5 Å². The highest BCUT2D eigenvalue weighted by Crippen LogP contribution is 2.19. The average molecular weight is 168 g/mol. The quantitative estimate of drug-likeness (QED) is 0.646. The second-order valence-electron chi connectivity index (χ2n) is 3.92. The number of nitrogens with zero attached hydrogens (tertiary/aromatic N) is 1. The third-order valence-electron chi connectivity index (χ3n) is 1.67. The fourth-order valence-electron chi connectivity index (χ4n) is 1.00. The zero-order valence-corrected chi connectivity index (χ0v) is 8.59. The van der Waals surface area contributed by atoms with Crippen molar-refractivity contribution in [2.45, 2.75) is 40.5 Å². The van der Waals surface area contributed by atoms with E-state index in [2.05, 4.69) is 32.7 Å². The summed E-state index contributed by atoms with van der Waals surface area (Å²) in [6.45, 7) is 8.68. The highest BCUT2D eigenvalue weighted by atomic mass is 14.7. The summed E-state index contributed by atoms with van der Waals surface area (Å²) in [5, 5.41) is 0. The van der Waals surface area contributed by atoms with Crippen molar-refractivity contribution in [2.24, 2.45) is 16.1 Å². The molecule has 0 aromatic heterocycles. The van der Waals surface area contributed by atoms with Crippen LogP contribution in [0.1, 0.15) is 40.5 Å². The summed E-state index contributed by atoms with van der Waals surface area (Å²) in [4.78, 5) is 4.31. The minimum atomic E-state index is 0.162. The first-order valence-corrected chi connectivity index (χ1v) is 4.46. The molecule has 0 unspecified atom stereocenters. The third-order valence-corrected chi connectivity index (χ3v) is 1.67. The Morgan fingerprint density at radius 3 is 2.33 bits per heavy atom. The molecule has 0 saturated heterocycles. The van der Waals surface area contributed by atoms with Crippen LogP contribution < -0.4 is 5.73 Å². The summed E-state index contributed by atoms with van der Waals surface area (Å²) in [6.07, 6.45) is 5.32. The molecule has 0 radical (unpaired) electrons. The van der Waals surface area contributed by atoms with Crippen molar-refractivity contribution in [3.05, 3.63) is 12.4 Å². The van der Waals surface area contributed by atoms with Gasteiger partial charge in [-0.25, -0.2) is 0 Å². The molecule has 0 bridgehead atoms. The minimum absolute atomic E-state index is 0.162. The molecule has 0 aliphatic heterocycles. The predicted molar refractivity (Wildman–Crippen MR) is 55.1 cm³/mol. The van der Waals surface area contributed by atoms with Gasteiger partial charge < -0.3 is 5.73 Å². The smallest absolute Gasteiger partial charge is 0.0422 e. The van der Waals surface area contributed by atoms with Gasteiger partial charge >= 0.3 is 0 Å². The molecule has 0 atom stereocenters. The van der Waals surface area contributed by atoms with Crippen LogP contribution >= 0.6 is 0 Å². The van der Waals surface area contributed by atoms with Crippen molar-refractivity contribution in [3.8, 4) is 0 Å². The number of aliphatic imine (C=N–C) groups is 1. The van der Waals surface area contributed by atoms with E-state index in [1.54, 1.807) is 6.20 Å².